The van der Waals surface area contributed by atoms with Crippen molar-refractivity contribution in [3.05, 3.63) is 67.8 Å². The van der Waals surface area contributed by atoms with E-state index in [1.165, 1.54) is 18.0 Å². The number of carbonyl (C=O) groups is 2. The molecule has 13 nitrogen and oxygen atoms in total. The van der Waals surface area contributed by atoms with E-state index in [1.54, 1.807) is 21.0 Å². The van der Waals surface area contributed by atoms with Crippen LogP contribution in [0.3, 0.4) is 0 Å². The number of benzene rings is 2. The molecule has 2 amide bonds. The molecule has 1 aliphatic carbocycles. The van der Waals surface area contributed by atoms with Gasteiger partial charge in [0.25, 0.3) is 11.8 Å². The lowest BCUT2D eigenvalue weighted by molar-refractivity contribution is 0.0725. The van der Waals surface area contributed by atoms with E-state index in [1.807, 2.05) is 16.9 Å². The number of hydrogen-bond donors (Lipinski definition) is 1. The average molecular weight is 762 g/mol. The molecule has 2 fully saturated rings. The van der Waals surface area contributed by atoms with E-state index in [-0.39, 0.29) is 47.8 Å². The van der Waals surface area contributed by atoms with Crippen LogP contribution in [0.2, 0.25) is 5.02 Å². The van der Waals surface area contributed by atoms with Crippen LogP contribution in [0.5, 0.6) is 5.75 Å². The van der Waals surface area contributed by atoms with Gasteiger partial charge >= 0.3 is 15.8 Å². The van der Waals surface area contributed by atoms with Gasteiger partial charge in [-0.3, -0.25) is 14.5 Å². The standard InChI is InChI=1S/C36H45ClFN5O8S/c1-21(2)41(4)52(47,48)39-34(44)27-11-10-26(31(38)33(27)50-23-8-6-7-9-23)35(45)43-15-14-24-25-12-13-29(30(37)32(25)51-36(46)28(24)19-43)42-17-16-40(3)22(18-42)20-49-5/h10-13,21-23H,6-9,14-20H2,1-5H3,(H,39,44)/t22-/m1/s1. The summed E-state index contributed by atoms with van der Waals surface area (Å²) in [5.74, 6) is -3.36. The molecule has 1 aromatic heterocycles. The number of halogens is 2. The van der Waals surface area contributed by atoms with Gasteiger partial charge in [-0.2, -0.15) is 12.7 Å². The average Bonchev–Trinajstić information content (AvgIpc) is 3.63. The first-order valence-corrected chi connectivity index (χ1v) is 19.3. The number of carbonyl (C=O) groups excluding carboxylic acids is 2. The van der Waals surface area contributed by atoms with Crippen LogP contribution in [0.15, 0.2) is 33.5 Å². The SMILES string of the molecule is COC[C@H]1CN(c2ccc3c4c(c(=O)oc3c2Cl)CN(C(=O)c2ccc(C(=O)NS(=O)(=O)N(C)C(C)C)c(OC3CCCC3)c2F)CC4)CCN1C. The van der Waals surface area contributed by atoms with E-state index >= 15 is 4.39 Å². The number of anilines is 1. The molecular weight excluding hydrogens is 717 g/mol. The Balaban J connectivity index is 1.28. The number of amides is 2. The van der Waals surface area contributed by atoms with Gasteiger partial charge in [-0.1, -0.05) is 11.6 Å². The fraction of sp³-hybridized carbons (Fsp3) is 0.528. The zero-order valence-electron chi connectivity index (χ0n) is 30.0. The van der Waals surface area contributed by atoms with Gasteiger partial charge in [0.05, 0.1) is 47.7 Å². The van der Waals surface area contributed by atoms with Gasteiger partial charge in [-0.05, 0) is 82.8 Å². The van der Waals surface area contributed by atoms with E-state index in [4.69, 9.17) is 25.5 Å². The number of ether oxygens (including phenoxy) is 2. The Morgan fingerprint density at radius 3 is 2.50 bits per heavy atom. The Morgan fingerprint density at radius 2 is 1.81 bits per heavy atom. The van der Waals surface area contributed by atoms with Crippen LogP contribution in [0.1, 0.15) is 71.4 Å². The third-order valence-corrected chi connectivity index (χ3v) is 12.4. The largest absolute Gasteiger partial charge is 0.486 e. The predicted molar refractivity (Wildman–Crippen MR) is 195 cm³/mol. The lowest BCUT2D eigenvalue weighted by Gasteiger charge is -2.40. The third-order valence-electron chi connectivity index (χ3n) is 10.4. The van der Waals surface area contributed by atoms with Gasteiger partial charge in [0.15, 0.2) is 17.1 Å². The van der Waals surface area contributed by atoms with Gasteiger partial charge in [0, 0.05) is 51.8 Å². The molecule has 6 rings (SSSR count). The van der Waals surface area contributed by atoms with Gasteiger partial charge in [-0.25, -0.2) is 13.9 Å². The highest BCUT2D eigenvalue weighted by Crippen LogP contribution is 2.38. The van der Waals surface area contributed by atoms with Crippen LogP contribution in [0, 0.1) is 5.82 Å². The number of fused-ring (bicyclic) bond motifs is 3. The fourth-order valence-corrected chi connectivity index (χ4v) is 8.49. The van der Waals surface area contributed by atoms with Crippen LogP contribution < -0.4 is 20.0 Å². The predicted octanol–water partition coefficient (Wildman–Crippen LogP) is 4.19. The van der Waals surface area contributed by atoms with Crippen molar-refractivity contribution >= 4 is 50.3 Å². The van der Waals surface area contributed by atoms with Crippen molar-refractivity contribution < 1.29 is 36.3 Å². The highest BCUT2D eigenvalue weighted by molar-refractivity contribution is 7.87. The van der Waals surface area contributed by atoms with Crippen molar-refractivity contribution in [2.24, 2.45) is 0 Å². The molecule has 1 saturated heterocycles. The van der Waals surface area contributed by atoms with E-state index in [9.17, 15) is 22.8 Å². The smallest absolute Gasteiger partial charge is 0.341 e. The normalized spacial score (nSPS) is 18.8. The second kappa shape index (κ2) is 15.3. The number of piperazine rings is 1. The molecule has 0 unspecified atom stereocenters. The minimum Gasteiger partial charge on any atom is -0.486 e. The van der Waals surface area contributed by atoms with Crippen LogP contribution >= 0.6 is 11.6 Å². The van der Waals surface area contributed by atoms with Gasteiger partial charge in [-0.15, -0.1) is 0 Å². The fourth-order valence-electron chi connectivity index (χ4n) is 7.12. The third kappa shape index (κ3) is 7.38. The second-order valence-corrected chi connectivity index (χ2v) is 16.1. The first-order valence-electron chi connectivity index (χ1n) is 17.5. The molecule has 0 spiro atoms. The molecule has 2 aliphatic heterocycles. The second-order valence-electron chi connectivity index (χ2n) is 14.0. The molecule has 282 valence electrons. The molecule has 3 aromatic rings. The lowest BCUT2D eigenvalue weighted by atomic mass is 9.96. The van der Waals surface area contributed by atoms with Crippen molar-refractivity contribution in [2.45, 2.75) is 70.7 Å². The first-order chi connectivity index (χ1) is 24.7. The molecule has 3 aliphatic rings. The number of likely N-dealkylation sites (N-methyl/N-ethyl adjacent to an activating group) is 1. The Morgan fingerprint density at radius 1 is 1.10 bits per heavy atom. The molecule has 3 heterocycles. The first kappa shape index (κ1) is 38.0. The maximum Gasteiger partial charge on any atom is 0.341 e. The summed E-state index contributed by atoms with van der Waals surface area (Å²) in [5, 5.41) is 1.01. The van der Waals surface area contributed by atoms with Crippen molar-refractivity contribution in [1.82, 2.24) is 18.8 Å². The zero-order chi connectivity index (χ0) is 37.5. The highest BCUT2D eigenvalue weighted by atomic mass is 35.5. The van der Waals surface area contributed by atoms with E-state index in [0.29, 0.717) is 42.0 Å². The number of methoxy groups -OCH3 is 1. The Kier molecular flexibility index (Phi) is 11.2. The maximum absolute atomic E-state index is 16.4. The van der Waals surface area contributed by atoms with E-state index in [2.05, 4.69) is 16.8 Å². The summed E-state index contributed by atoms with van der Waals surface area (Å²) >= 11 is 6.90. The van der Waals surface area contributed by atoms with Gasteiger partial charge in [0.1, 0.15) is 5.02 Å². The van der Waals surface area contributed by atoms with Crippen LogP contribution in [0.25, 0.3) is 11.0 Å². The topological polar surface area (TPSA) is 142 Å². The number of hydrogen-bond acceptors (Lipinski definition) is 10. The van der Waals surface area contributed by atoms with Crippen molar-refractivity contribution in [1.29, 1.82) is 0 Å². The Labute approximate surface area is 307 Å². The number of nitrogens with one attached hydrogen (secondary N) is 1. The Bertz CT molecular complexity index is 2040. The van der Waals surface area contributed by atoms with Crippen LogP contribution in [-0.4, -0.2) is 107 Å². The van der Waals surface area contributed by atoms with Crippen LogP contribution in [0.4, 0.5) is 10.1 Å². The summed E-state index contributed by atoms with van der Waals surface area (Å²) < 4.78 is 62.1. The molecule has 52 heavy (non-hydrogen) atoms. The minimum atomic E-state index is -4.25. The van der Waals surface area contributed by atoms with E-state index < -0.39 is 51.4 Å². The Hall–Kier alpha value is -3.76. The van der Waals surface area contributed by atoms with Crippen molar-refractivity contribution in [3.63, 3.8) is 0 Å². The molecule has 1 atom stereocenters. The molecular formula is C36H45ClFN5O8S. The molecule has 16 heteroatoms. The van der Waals surface area contributed by atoms with Gasteiger partial charge < -0.3 is 23.7 Å². The van der Waals surface area contributed by atoms with Crippen molar-refractivity contribution in [3.8, 4) is 5.75 Å². The van der Waals surface area contributed by atoms with Gasteiger partial charge in [0.2, 0.25) is 0 Å². The summed E-state index contributed by atoms with van der Waals surface area (Å²) in [5.41, 5.74) is 0.664. The molecule has 0 radical (unpaired) electrons. The lowest BCUT2D eigenvalue weighted by Crippen LogP contribution is -2.53. The number of nitrogens with zero attached hydrogens (tertiary/aromatic N) is 4. The monoisotopic (exact) mass is 761 g/mol. The van der Waals surface area contributed by atoms with Crippen molar-refractivity contribution in [2.75, 3.05) is 58.9 Å². The molecule has 1 N–H and O–H groups in total. The molecule has 1 saturated carbocycles. The highest BCUT2D eigenvalue weighted by Gasteiger charge is 2.34. The molecule has 0 bridgehead atoms. The number of rotatable bonds is 10. The summed E-state index contributed by atoms with van der Waals surface area (Å²) in [4.78, 5) is 46.3. The minimum absolute atomic E-state index is 0.136. The summed E-state index contributed by atoms with van der Waals surface area (Å²) in [6, 6.07) is 5.86. The van der Waals surface area contributed by atoms with Crippen LogP contribution in [-0.2, 0) is 27.9 Å². The summed E-state index contributed by atoms with van der Waals surface area (Å²) in [6.07, 6.45) is 2.82. The van der Waals surface area contributed by atoms with E-state index in [0.717, 1.165) is 42.0 Å². The molecule has 2 aromatic carbocycles. The zero-order valence-corrected chi connectivity index (χ0v) is 31.6. The quantitative estimate of drug-likeness (QED) is 0.299. The summed E-state index contributed by atoms with van der Waals surface area (Å²) in [7, 11) is 0.791. The maximum atomic E-state index is 16.4. The summed E-state index contributed by atoms with van der Waals surface area (Å²) in [6.45, 7) is 6.11.